The van der Waals surface area contributed by atoms with Crippen molar-refractivity contribution in [2.45, 2.75) is 39.5 Å². The normalized spacial score (nSPS) is 21.2. The van der Waals surface area contributed by atoms with Gasteiger partial charge in [-0.25, -0.2) is 8.42 Å². The minimum absolute atomic E-state index is 0.0414. The summed E-state index contributed by atoms with van der Waals surface area (Å²) in [5, 5.41) is 4.24. The Labute approximate surface area is 191 Å². The van der Waals surface area contributed by atoms with Crippen molar-refractivity contribution >= 4 is 27.9 Å². The number of carbonyl (C=O) groups is 2. The van der Waals surface area contributed by atoms with E-state index in [9.17, 15) is 18.0 Å². The summed E-state index contributed by atoms with van der Waals surface area (Å²) < 4.78 is 26.8. The van der Waals surface area contributed by atoms with E-state index < -0.39 is 10.0 Å². The number of sulfonamides is 1. The number of carbonyl (C=O) groups excluding carboxylic acids is 2. The number of nitrogens with zero attached hydrogens (tertiary/aromatic N) is 2. The Morgan fingerprint density at radius 2 is 1.78 bits per heavy atom. The molecule has 176 valence electrons. The number of hydrogen-bond donors (Lipinski definition) is 1. The van der Waals surface area contributed by atoms with Crippen LogP contribution in [0.3, 0.4) is 0 Å². The highest BCUT2D eigenvalue weighted by atomic mass is 32.2. The molecule has 0 bridgehead atoms. The molecule has 0 aromatic heterocycles. The van der Waals surface area contributed by atoms with Crippen molar-refractivity contribution in [1.82, 2.24) is 14.5 Å². The highest BCUT2D eigenvalue weighted by molar-refractivity contribution is 7.92. The smallest absolute Gasteiger partial charge is 0.236 e. The molecule has 3 rings (SSSR count). The second-order valence-electron chi connectivity index (χ2n) is 9.12. The summed E-state index contributed by atoms with van der Waals surface area (Å²) in [6.07, 6.45) is 4.64. The van der Waals surface area contributed by atoms with E-state index in [1.807, 2.05) is 49.1 Å². The van der Waals surface area contributed by atoms with Crippen molar-refractivity contribution in [2.75, 3.05) is 32.7 Å². The highest BCUT2D eigenvalue weighted by Gasteiger charge is 2.34. The van der Waals surface area contributed by atoms with Gasteiger partial charge in [0.15, 0.2) is 0 Å². The van der Waals surface area contributed by atoms with Gasteiger partial charge in [0, 0.05) is 50.0 Å². The summed E-state index contributed by atoms with van der Waals surface area (Å²) in [6, 6.07) is 9.34. The predicted molar refractivity (Wildman–Crippen MR) is 126 cm³/mol. The van der Waals surface area contributed by atoms with Crippen molar-refractivity contribution < 1.29 is 18.0 Å². The van der Waals surface area contributed by atoms with Crippen LogP contribution in [0, 0.1) is 17.8 Å². The fourth-order valence-corrected chi connectivity index (χ4v) is 5.53. The number of amides is 2. The van der Waals surface area contributed by atoms with E-state index in [1.165, 1.54) is 9.71 Å². The van der Waals surface area contributed by atoms with Crippen LogP contribution in [-0.2, 0) is 19.6 Å². The fourth-order valence-electron chi connectivity index (χ4n) is 4.31. The quantitative estimate of drug-likeness (QED) is 0.676. The first-order chi connectivity index (χ1) is 15.3. The zero-order valence-electron chi connectivity index (χ0n) is 19.1. The van der Waals surface area contributed by atoms with Crippen LogP contribution in [0.15, 0.2) is 35.7 Å². The molecule has 2 amide bonds. The Bertz CT molecular complexity index is 906. The first-order valence-corrected chi connectivity index (χ1v) is 13.1. The Balaban J connectivity index is 1.49. The van der Waals surface area contributed by atoms with Gasteiger partial charge in [0.2, 0.25) is 21.8 Å². The topological polar surface area (TPSA) is 86.8 Å². The maximum atomic E-state index is 13.1. The summed E-state index contributed by atoms with van der Waals surface area (Å²) in [4.78, 5) is 26.8. The lowest BCUT2D eigenvalue weighted by Crippen LogP contribution is -2.48. The monoisotopic (exact) mass is 461 g/mol. The van der Waals surface area contributed by atoms with Gasteiger partial charge in [0.25, 0.3) is 0 Å². The third-order valence-electron chi connectivity index (χ3n) is 6.32. The van der Waals surface area contributed by atoms with Crippen molar-refractivity contribution in [2.24, 2.45) is 17.8 Å². The number of likely N-dealkylation sites (tertiary alicyclic amines) is 1. The molecule has 2 aliphatic heterocycles. The highest BCUT2D eigenvalue weighted by Crippen LogP contribution is 2.25. The first-order valence-electron chi connectivity index (χ1n) is 11.6. The van der Waals surface area contributed by atoms with Gasteiger partial charge in [0.05, 0.1) is 0 Å². The number of benzene rings is 1. The fraction of sp³-hybridized carbons (Fsp3) is 0.583. The molecule has 2 heterocycles. The molecule has 7 nitrogen and oxygen atoms in total. The summed E-state index contributed by atoms with van der Waals surface area (Å²) in [5.74, 6) is 0.271. The SMILES string of the molecule is CC(C)C(=O)NC[C@@H]1CCCN(C(=O)C2CCN(S(=O)(=O)/C=C/c3ccccc3)CC2)C1. The standard InChI is InChI=1S/C24H35N3O4S/c1-19(2)23(28)25-17-21-9-6-13-26(18-21)24(29)22-10-14-27(15-11-22)32(30,31)16-12-20-7-4-3-5-8-20/h3-5,7-8,12,16,19,21-22H,6,9-11,13-15,17-18H2,1-2H3,(H,25,28)/b16-12+/t21-/m0/s1. The van der Waals surface area contributed by atoms with Gasteiger partial charge >= 0.3 is 0 Å². The Morgan fingerprint density at radius 3 is 2.44 bits per heavy atom. The van der Waals surface area contributed by atoms with Crippen molar-refractivity contribution in [3.8, 4) is 0 Å². The largest absolute Gasteiger partial charge is 0.356 e. The molecular formula is C24H35N3O4S. The molecule has 0 aliphatic carbocycles. The molecule has 2 saturated heterocycles. The Hall–Kier alpha value is -2.19. The number of rotatable bonds is 7. The molecule has 1 aromatic rings. The molecule has 0 spiro atoms. The van der Waals surface area contributed by atoms with Crippen LogP contribution in [-0.4, -0.2) is 62.2 Å². The zero-order valence-corrected chi connectivity index (χ0v) is 19.9. The van der Waals surface area contributed by atoms with Crippen LogP contribution in [0.2, 0.25) is 0 Å². The molecular weight excluding hydrogens is 426 g/mol. The van der Waals surface area contributed by atoms with E-state index in [0.717, 1.165) is 24.9 Å². The molecule has 0 radical (unpaired) electrons. The van der Waals surface area contributed by atoms with Crippen LogP contribution < -0.4 is 5.32 Å². The maximum absolute atomic E-state index is 13.1. The van der Waals surface area contributed by atoms with Gasteiger partial charge < -0.3 is 10.2 Å². The zero-order chi connectivity index (χ0) is 23.1. The molecule has 1 atom stereocenters. The third-order valence-corrected chi connectivity index (χ3v) is 7.88. The number of nitrogens with one attached hydrogen (secondary N) is 1. The van der Waals surface area contributed by atoms with Crippen molar-refractivity contribution in [3.63, 3.8) is 0 Å². The summed E-state index contributed by atoms with van der Waals surface area (Å²) >= 11 is 0. The summed E-state index contributed by atoms with van der Waals surface area (Å²) in [7, 11) is -3.50. The van der Waals surface area contributed by atoms with Crippen LogP contribution in [0.4, 0.5) is 0 Å². The van der Waals surface area contributed by atoms with E-state index in [1.54, 1.807) is 6.08 Å². The van der Waals surface area contributed by atoms with Gasteiger partial charge in [-0.2, -0.15) is 4.31 Å². The second-order valence-corrected chi connectivity index (χ2v) is 10.9. The lowest BCUT2D eigenvalue weighted by atomic mass is 9.92. The van der Waals surface area contributed by atoms with E-state index >= 15 is 0 Å². The molecule has 0 unspecified atom stereocenters. The van der Waals surface area contributed by atoms with E-state index in [4.69, 9.17) is 0 Å². The van der Waals surface area contributed by atoms with Gasteiger partial charge in [0.1, 0.15) is 0 Å². The molecule has 32 heavy (non-hydrogen) atoms. The minimum Gasteiger partial charge on any atom is -0.356 e. The lowest BCUT2D eigenvalue weighted by Gasteiger charge is -2.37. The van der Waals surface area contributed by atoms with Gasteiger partial charge in [-0.05, 0) is 43.2 Å². The van der Waals surface area contributed by atoms with Gasteiger partial charge in [-0.3, -0.25) is 9.59 Å². The predicted octanol–water partition coefficient (Wildman–Crippen LogP) is 2.71. The number of hydrogen-bond acceptors (Lipinski definition) is 4. The van der Waals surface area contributed by atoms with Crippen molar-refractivity contribution in [1.29, 1.82) is 0 Å². The van der Waals surface area contributed by atoms with Gasteiger partial charge in [-0.15, -0.1) is 0 Å². The maximum Gasteiger partial charge on any atom is 0.236 e. The Kier molecular flexibility index (Phi) is 8.48. The van der Waals surface area contributed by atoms with E-state index in [2.05, 4.69) is 5.32 Å². The lowest BCUT2D eigenvalue weighted by molar-refractivity contribution is -0.138. The molecule has 1 N–H and O–H groups in total. The summed E-state index contributed by atoms with van der Waals surface area (Å²) in [6.45, 7) is 6.47. The minimum atomic E-state index is -3.50. The summed E-state index contributed by atoms with van der Waals surface area (Å²) in [5.41, 5.74) is 0.838. The van der Waals surface area contributed by atoms with Crippen LogP contribution in [0.5, 0.6) is 0 Å². The average molecular weight is 462 g/mol. The average Bonchev–Trinajstić information content (AvgIpc) is 2.81. The van der Waals surface area contributed by atoms with Crippen LogP contribution in [0.25, 0.3) is 6.08 Å². The molecule has 1 aromatic carbocycles. The second kappa shape index (κ2) is 11.1. The van der Waals surface area contributed by atoms with Crippen LogP contribution in [0.1, 0.15) is 45.1 Å². The van der Waals surface area contributed by atoms with Crippen LogP contribution >= 0.6 is 0 Å². The third kappa shape index (κ3) is 6.65. The molecule has 0 saturated carbocycles. The Morgan fingerprint density at radius 1 is 1.09 bits per heavy atom. The van der Waals surface area contributed by atoms with E-state index in [-0.39, 0.29) is 29.6 Å². The molecule has 2 aliphatic rings. The number of piperidine rings is 2. The van der Waals surface area contributed by atoms with Crippen molar-refractivity contribution in [3.05, 3.63) is 41.3 Å². The van der Waals surface area contributed by atoms with E-state index in [0.29, 0.717) is 39.0 Å². The molecule has 2 fully saturated rings. The molecule has 8 heteroatoms. The van der Waals surface area contributed by atoms with Gasteiger partial charge in [-0.1, -0.05) is 44.2 Å². The first kappa shape index (κ1) is 24.5.